The van der Waals surface area contributed by atoms with Crippen molar-refractivity contribution in [3.05, 3.63) is 57.3 Å². The summed E-state index contributed by atoms with van der Waals surface area (Å²) in [5.41, 5.74) is 0.127. The molecule has 0 fully saturated rings. The standard InChI is InChI=1S/C13H10ClN5O2S/c14-9-3-5-10(6-4-9)15-11(20)8-18-13(21)19(17-16-18)12-2-1-7-22-12/h1-7H,8H2,(H,15,20). The lowest BCUT2D eigenvalue weighted by Gasteiger charge is -2.04. The highest BCUT2D eigenvalue weighted by atomic mass is 35.5. The first-order valence-electron chi connectivity index (χ1n) is 6.25. The molecule has 1 amide bonds. The maximum atomic E-state index is 12.1. The number of nitrogens with zero attached hydrogens (tertiary/aromatic N) is 4. The topological polar surface area (TPSA) is 81.8 Å². The molecule has 0 atom stereocenters. The van der Waals surface area contributed by atoms with Gasteiger partial charge in [0.25, 0.3) is 0 Å². The number of hydrogen-bond donors (Lipinski definition) is 1. The molecule has 9 heteroatoms. The first kappa shape index (κ1) is 14.5. The van der Waals surface area contributed by atoms with E-state index in [1.165, 1.54) is 11.3 Å². The van der Waals surface area contributed by atoms with Gasteiger partial charge in [0.15, 0.2) is 0 Å². The molecule has 3 rings (SSSR count). The lowest BCUT2D eigenvalue weighted by Crippen LogP contribution is -2.29. The third-order valence-corrected chi connectivity index (χ3v) is 3.87. The van der Waals surface area contributed by atoms with Crippen LogP contribution in [0, 0.1) is 0 Å². The van der Waals surface area contributed by atoms with Crippen LogP contribution in [0.3, 0.4) is 0 Å². The van der Waals surface area contributed by atoms with Crippen molar-refractivity contribution >= 4 is 34.5 Å². The van der Waals surface area contributed by atoms with Gasteiger partial charge >= 0.3 is 5.69 Å². The fourth-order valence-corrected chi connectivity index (χ4v) is 2.57. The minimum atomic E-state index is -0.464. The van der Waals surface area contributed by atoms with Gasteiger partial charge in [0.1, 0.15) is 11.5 Å². The van der Waals surface area contributed by atoms with E-state index in [2.05, 4.69) is 15.7 Å². The average Bonchev–Trinajstić information content (AvgIpc) is 3.12. The predicted octanol–water partition coefficient (Wildman–Crippen LogP) is 1.78. The van der Waals surface area contributed by atoms with Crippen molar-refractivity contribution in [3.63, 3.8) is 0 Å². The number of aromatic nitrogens is 4. The Hall–Kier alpha value is -2.45. The molecule has 0 saturated heterocycles. The molecule has 0 aliphatic rings. The number of carbonyl (C=O) groups is 1. The Morgan fingerprint density at radius 2 is 2.00 bits per heavy atom. The highest BCUT2D eigenvalue weighted by Gasteiger charge is 2.12. The molecule has 0 bridgehead atoms. The smallest absolute Gasteiger partial charge is 0.324 e. The Bertz CT molecular complexity index is 838. The van der Waals surface area contributed by atoms with E-state index < -0.39 is 5.69 Å². The molecule has 7 nitrogen and oxygen atoms in total. The maximum Gasteiger partial charge on any atom is 0.369 e. The highest BCUT2D eigenvalue weighted by molar-refractivity contribution is 7.12. The number of tetrazole rings is 1. The molecule has 0 spiro atoms. The van der Waals surface area contributed by atoms with Crippen molar-refractivity contribution in [2.45, 2.75) is 6.54 Å². The Morgan fingerprint density at radius 3 is 2.68 bits per heavy atom. The number of nitrogens with one attached hydrogen (secondary N) is 1. The number of benzene rings is 1. The second kappa shape index (κ2) is 6.12. The van der Waals surface area contributed by atoms with Crippen molar-refractivity contribution in [2.24, 2.45) is 0 Å². The van der Waals surface area contributed by atoms with E-state index in [-0.39, 0.29) is 12.5 Å². The molecular weight excluding hydrogens is 326 g/mol. The van der Waals surface area contributed by atoms with Crippen LogP contribution in [0.15, 0.2) is 46.6 Å². The van der Waals surface area contributed by atoms with Gasteiger partial charge in [-0.05, 0) is 52.2 Å². The first-order chi connectivity index (χ1) is 10.6. The fourth-order valence-electron chi connectivity index (χ4n) is 1.77. The van der Waals surface area contributed by atoms with Gasteiger partial charge in [-0.1, -0.05) is 11.6 Å². The van der Waals surface area contributed by atoms with Crippen molar-refractivity contribution in [3.8, 4) is 5.00 Å². The maximum absolute atomic E-state index is 12.1. The fraction of sp³-hybridized carbons (Fsp3) is 0.0769. The number of thiophene rings is 1. The molecular formula is C13H10ClN5O2S. The SMILES string of the molecule is O=C(Cn1nnn(-c2cccs2)c1=O)Nc1ccc(Cl)cc1. The zero-order chi connectivity index (χ0) is 15.5. The second-order valence-electron chi connectivity index (χ2n) is 4.34. The molecule has 1 aromatic carbocycles. The molecule has 2 aromatic heterocycles. The summed E-state index contributed by atoms with van der Waals surface area (Å²) in [6, 6.07) is 10.2. The van der Waals surface area contributed by atoms with Crippen LogP contribution in [0.2, 0.25) is 5.02 Å². The molecule has 0 radical (unpaired) electrons. The molecule has 112 valence electrons. The molecule has 0 unspecified atom stereocenters. The quantitative estimate of drug-likeness (QED) is 0.788. The zero-order valence-electron chi connectivity index (χ0n) is 11.1. The average molecular weight is 336 g/mol. The Kier molecular flexibility index (Phi) is 4.03. The van der Waals surface area contributed by atoms with Gasteiger partial charge in [0.2, 0.25) is 5.91 Å². The second-order valence-corrected chi connectivity index (χ2v) is 5.70. The predicted molar refractivity (Wildman–Crippen MR) is 83.6 cm³/mol. The van der Waals surface area contributed by atoms with Crippen LogP contribution >= 0.6 is 22.9 Å². The monoisotopic (exact) mass is 335 g/mol. The molecule has 2 heterocycles. The van der Waals surface area contributed by atoms with Crippen molar-refractivity contribution in [2.75, 3.05) is 5.32 Å². The Balaban J connectivity index is 1.72. The zero-order valence-corrected chi connectivity index (χ0v) is 12.7. The highest BCUT2D eigenvalue weighted by Crippen LogP contribution is 2.13. The summed E-state index contributed by atoms with van der Waals surface area (Å²) in [7, 11) is 0. The molecule has 3 aromatic rings. The Morgan fingerprint density at radius 1 is 1.23 bits per heavy atom. The van der Waals surface area contributed by atoms with Crippen molar-refractivity contribution in [1.82, 2.24) is 19.8 Å². The third kappa shape index (κ3) is 3.07. The minimum Gasteiger partial charge on any atom is -0.324 e. The minimum absolute atomic E-state index is 0.215. The number of halogens is 1. The Labute approximate surface area is 133 Å². The molecule has 22 heavy (non-hydrogen) atoms. The molecule has 0 saturated carbocycles. The van der Waals surface area contributed by atoms with Gasteiger partial charge in [-0.2, -0.15) is 9.36 Å². The van der Waals surface area contributed by atoms with Crippen LogP contribution in [0.4, 0.5) is 5.69 Å². The van der Waals surface area contributed by atoms with Gasteiger partial charge in [0, 0.05) is 10.7 Å². The third-order valence-electron chi connectivity index (χ3n) is 2.78. The van der Waals surface area contributed by atoms with E-state index in [9.17, 15) is 9.59 Å². The summed E-state index contributed by atoms with van der Waals surface area (Å²) in [4.78, 5) is 24.0. The van der Waals surface area contributed by atoms with E-state index >= 15 is 0 Å². The summed E-state index contributed by atoms with van der Waals surface area (Å²) in [5.74, 6) is -0.373. The van der Waals surface area contributed by atoms with Crippen LogP contribution in [-0.2, 0) is 11.3 Å². The normalized spacial score (nSPS) is 10.6. The lowest BCUT2D eigenvalue weighted by molar-refractivity contribution is -0.117. The largest absolute Gasteiger partial charge is 0.369 e. The van der Waals surface area contributed by atoms with Crippen LogP contribution in [0.1, 0.15) is 0 Å². The summed E-state index contributed by atoms with van der Waals surface area (Å²) >= 11 is 7.13. The van der Waals surface area contributed by atoms with Gasteiger partial charge < -0.3 is 5.32 Å². The van der Waals surface area contributed by atoms with E-state index in [0.717, 1.165) is 9.36 Å². The lowest BCUT2D eigenvalue weighted by atomic mass is 10.3. The number of carbonyl (C=O) groups excluding carboxylic acids is 1. The van der Waals surface area contributed by atoms with Crippen molar-refractivity contribution in [1.29, 1.82) is 0 Å². The molecule has 0 aliphatic carbocycles. The van der Waals surface area contributed by atoms with Gasteiger partial charge in [-0.25, -0.2) is 4.79 Å². The number of hydrogen-bond acceptors (Lipinski definition) is 5. The van der Waals surface area contributed by atoms with Crippen LogP contribution in [-0.4, -0.2) is 25.7 Å². The number of anilines is 1. The van der Waals surface area contributed by atoms with E-state index in [4.69, 9.17) is 11.6 Å². The van der Waals surface area contributed by atoms with Gasteiger partial charge in [0.05, 0.1) is 0 Å². The summed E-state index contributed by atoms with van der Waals surface area (Å²) in [6.07, 6.45) is 0. The number of amides is 1. The first-order valence-corrected chi connectivity index (χ1v) is 7.51. The molecule has 1 N–H and O–H groups in total. The van der Waals surface area contributed by atoms with Gasteiger partial charge in [-0.3, -0.25) is 4.79 Å². The summed E-state index contributed by atoms with van der Waals surface area (Å²) in [6.45, 7) is -0.215. The van der Waals surface area contributed by atoms with Crippen LogP contribution in [0.25, 0.3) is 5.00 Å². The van der Waals surface area contributed by atoms with Crippen LogP contribution in [0.5, 0.6) is 0 Å². The van der Waals surface area contributed by atoms with Gasteiger partial charge in [-0.15, -0.1) is 11.3 Å². The molecule has 0 aliphatic heterocycles. The van der Waals surface area contributed by atoms with E-state index in [0.29, 0.717) is 15.7 Å². The van der Waals surface area contributed by atoms with Crippen molar-refractivity contribution < 1.29 is 4.79 Å². The summed E-state index contributed by atoms with van der Waals surface area (Å²) in [5, 5.41) is 13.2. The van der Waals surface area contributed by atoms with Crippen LogP contribution < -0.4 is 11.0 Å². The summed E-state index contributed by atoms with van der Waals surface area (Å²) < 4.78 is 2.16. The van der Waals surface area contributed by atoms with E-state index in [1.807, 2.05) is 5.38 Å². The van der Waals surface area contributed by atoms with E-state index in [1.54, 1.807) is 36.4 Å². The number of rotatable bonds is 4.